The van der Waals surface area contributed by atoms with Gasteiger partial charge in [0.2, 0.25) is 5.91 Å². The summed E-state index contributed by atoms with van der Waals surface area (Å²) in [7, 11) is 1.78. The van der Waals surface area contributed by atoms with Crippen molar-refractivity contribution in [3.63, 3.8) is 0 Å². The number of nitrogens with one attached hydrogen (secondary N) is 2. The van der Waals surface area contributed by atoms with E-state index in [1.165, 1.54) is 11.3 Å². The van der Waals surface area contributed by atoms with Crippen molar-refractivity contribution in [1.29, 1.82) is 0 Å². The number of amides is 2. The van der Waals surface area contributed by atoms with Crippen molar-refractivity contribution in [3.05, 3.63) is 56.4 Å². The Bertz CT molecular complexity index is 1200. The lowest BCUT2D eigenvalue weighted by molar-refractivity contribution is -0.120. The lowest BCUT2D eigenvalue weighted by Crippen LogP contribution is -2.40. The van der Waals surface area contributed by atoms with Crippen LogP contribution < -0.4 is 16.6 Å². The van der Waals surface area contributed by atoms with Gasteiger partial charge in [0.05, 0.1) is 29.1 Å². The summed E-state index contributed by atoms with van der Waals surface area (Å²) in [5.74, 6) is -0.277. The number of anilines is 1. The van der Waals surface area contributed by atoms with Crippen molar-refractivity contribution < 1.29 is 9.59 Å². The monoisotopic (exact) mass is 425 g/mol. The number of nitrogens with two attached hydrogens (primary N) is 1. The molecular formula is C21H23N5O3S. The van der Waals surface area contributed by atoms with E-state index in [0.29, 0.717) is 27.3 Å². The SMILES string of the molecule is C[C@@H](C(=O)Nc1sc2c(c1C(N)=O)CCC2)N(C)Cc1nc2ccccc2c(=O)[nH]1. The minimum absolute atomic E-state index is 0.208. The summed E-state index contributed by atoms with van der Waals surface area (Å²) in [6.07, 6.45) is 2.73. The maximum absolute atomic E-state index is 12.8. The normalized spacial score (nSPS) is 14.1. The molecule has 0 aliphatic heterocycles. The van der Waals surface area contributed by atoms with Crippen molar-refractivity contribution in [1.82, 2.24) is 14.9 Å². The number of rotatable bonds is 6. The number of H-pyrrole nitrogens is 1. The predicted molar refractivity (Wildman–Crippen MR) is 117 cm³/mol. The molecule has 8 nitrogen and oxygen atoms in total. The Morgan fingerprint density at radius 3 is 2.87 bits per heavy atom. The van der Waals surface area contributed by atoms with Gasteiger partial charge < -0.3 is 16.0 Å². The third kappa shape index (κ3) is 3.73. The Morgan fingerprint density at radius 1 is 1.33 bits per heavy atom. The first-order chi connectivity index (χ1) is 14.3. The molecule has 2 heterocycles. The van der Waals surface area contributed by atoms with Crippen LogP contribution in [-0.4, -0.2) is 39.8 Å². The maximum atomic E-state index is 12.8. The van der Waals surface area contributed by atoms with Gasteiger partial charge >= 0.3 is 0 Å². The molecule has 0 radical (unpaired) electrons. The number of aryl methyl sites for hydroxylation is 1. The third-order valence-electron chi connectivity index (χ3n) is 5.51. The highest BCUT2D eigenvalue weighted by Gasteiger charge is 2.28. The second-order valence-corrected chi connectivity index (χ2v) is 8.64. The molecule has 0 fully saturated rings. The third-order valence-corrected chi connectivity index (χ3v) is 6.71. The van der Waals surface area contributed by atoms with Crippen LogP contribution in [0.2, 0.25) is 0 Å². The second-order valence-electron chi connectivity index (χ2n) is 7.54. The van der Waals surface area contributed by atoms with Crippen LogP contribution >= 0.6 is 11.3 Å². The Hall–Kier alpha value is -3.04. The van der Waals surface area contributed by atoms with Crippen molar-refractivity contribution in [2.24, 2.45) is 5.73 Å². The topological polar surface area (TPSA) is 121 Å². The van der Waals surface area contributed by atoms with E-state index in [9.17, 15) is 14.4 Å². The number of likely N-dealkylation sites (N-methyl/N-ethyl adjacent to an activating group) is 1. The molecule has 0 bridgehead atoms. The van der Waals surface area contributed by atoms with E-state index < -0.39 is 11.9 Å². The van der Waals surface area contributed by atoms with Gasteiger partial charge in [-0.25, -0.2) is 4.98 Å². The van der Waals surface area contributed by atoms with E-state index in [2.05, 4.69) is 15.3 Å². The van der Waals surface area contributed by atoms with Crippen LogP contribution in [0, 0.1) is 0 Å². The van der Waals surface area contributed by atoms with Gasteiger partial charge in [-0.2, -0.15) is 0 Å². The first-order valence-electron chi connectivity index (χ1n) is 9.78. The number of aromatic nitrogens is 2. The molecule has 2 amide bonds. The second kappa shape index (κ2) is 8.00. The summed E-state index contributed by atoms with van der Waals surface area (Å²) >= 11 is 1.43. The molecule has 2 aromatic heterocycles. The van der Waals surface area contributed by atoms with Crippen LogP contribution in [0.4, 0.5) is 5.00 Å². The number of para-hydroxylation sites is 1. The van der Waals surface area contributed by atoms with Gasteiger partial charge in [0.1, 0.15) is 10.8 Å². The molecule has 4 rings (SSSR count). The van der Waals surface area contributed by atoms with E-state index in [0.717, 1.165) is 29.7 Å². The number of nitrogens with zero attached hydrogens (tertiary/aromatic N) is 2. The Balaban J connectivity index is 1.50. The smallest absolute Gasteiger partial charge is 0.258 e. The molecule has 1 atom stereocenters. The summed E-state index contributed by atoms with van der Waals surface area (Å²) in [4.78, 5) is 47.2. The standard InChI is InChI=1S/C21H23N5O3S/c1-11(19(28)25-21-17(18(22)27)13-7-5-9-15(13)30-21)26(2)10-16-23-14-8-4-3-6-12(14)20(29)24-16/h3-4,6,8,11H,5,7,9-10H2,1-2H3,(H2,22,27)(H,25,28)(H,23,24,29)/t11-/m0/s1. The highest BCUT2D eigenvalue weighted by molar-refractivity contribution is 7.17. The van der Waals surface area contributed by atoms with E-state index in [1.54, 1.807) is 37.1 Å². The Morgan fingerprint density at radius 2 is 2.10 bits per heavy atom. The van der Waals surface area contributed by atoms with Crippen LogP contribution in [0.1, 0.15) is 40.0 Å². The van der Waals surface area contributed by atoms with Gasteiger partial charge in [0.25, 0.3) is 11.5 Å². The van der Waals surface area contributed by atoms with E-state index in [-0.39, 0.29) is 18.0 Å². The summed E-state index contributed by atoms with van der Waals surface area (Å²) in [6.45, 7) is 2.05. The number of hydrogen-bond acceptors (Lipinski definition) is 6. The molecule has 1 aliphatic carbocycles. The number of carbonyl (C=O) groups excluding carboxylic acids is 2. The molecule has 156 valence electrons. The van der Waals surface area contributed by atoms with Gasteiger partial charge in [-0.15, -0.1) is 11.3 Å². The lowest BCUT2D eigenvalue weighted by atomic mass is 10.1. The molecule has 0 saturated carbocycles. The van der Waals surface area contributed by atoms with E-state index in [4.69, 9.17) is 5.73 Å². The number of thiophene rings is 1. The lowest BCUT2D eigenvalue weighted by Gasteiger charge is -2.23. The first-order valence-corrected chi connectivity index (χ1v) is 10.6. The van der Waals surface area contributed by atoms with Gasteiger partial charge in [0, 0.05) is 4.88 Å². The molecule has 9 heteroatoms. The maximum Gasteiger partial charge on any atom is 0.258 e. The number of benzene rings is 1. The van der Waals surface area contributed by atoms with Gasteiger partial charge in [-0.05, 0) is 50.9 Å². The number of primary amides is 1. The molecule has 4 N–H and O–H groups in total. The quantitative estimate of drug-likeness (QED) is 0.558. The van der Waals surface area contributed by atoms with Crippen molar-refractivity contribution in [3.8, 4) is 0 Å². The van der Waals surface area contributed by atoms with Crippen LogP contribution in [0.15, 0.2) is 29.1 Å². The zero-order valence-corrected chi connectivity index (χ0v) is 17.6. The molecule has 3 aromatic rings. The number of hydrogen-bond donors (Lipinski definition) is 3. The molecule has 30 heavy (non-hydrogen) atoms. The molecule has 0 saturated heterocycles. The zero-order chi connectivity index (χ0) is 21.4. The fourth-order valence-electron chi connectivity index (χ4n) is 3.75. The minimum Gasteiger partial charge on any atom is -0.365 e. The van der Waals surface area contributed by atoms with E-state index in [1.807, 2.05) is 6.07 Å². The Labute approximate surface area is 177 Å². The highest BCUT2D eigenvalue weighted by atomic mass is 32.1. The van der Waals surface area contributed by atoms with Crippen LogP contribution in [-0.2, 0) is 24.2 Å². The molecule has 1 aliphatic rings. The fourth-order valence-corrected chi connectivity index (χ4v) is 5.05. The highest BCUT2D eigenvalue weighted by Crippen LogP contribution is 2.38. The van der Waals surface area contributed by atoms with Gasteiger partial charge in [-0.3, -0.25) is 19.3 Å². The van der Waals surface area contributed by atoms with Crippen molar-refractivity contribution in [2.45, 2.75) is 38.8 Å². The van der Waals surface area contributed by atoms with Crippen LogP contribution in [0.3, 0.4) is 0 Å². The van der Waals surface area contributed by atoms with Crippen molar-refractivity contribution in [2.75, 3.05) is 12.4 Å². The summed E-state index contributed by atoms with van der Waals surface area (Å²) in [6, 6.07) is 6.61. The van der Waals surface area contributed by atoms with Gasteiger partial charge in [-0.1, -0.05) is 12.1 Å². The average molecular weight is 426 g/mol. The summed E-state index contributed by atoms with van der Waals surface area (Å²) in [5.41, 5.74) is 7.39. The first kappa shape index (κ1) is 20.2. The Kier molecular flexibility index (Phi) is 5.40. The fraction of sp³-hybridized carbons (Fsp3) is 0.333. The molecular weight excluding hydrogens is 402 g/mol. The van der Waals surface area contributed by atoms with Crippen molar-refractivity contribution >= 4 is 39.1 Å². The average Bonchev–Trinajstić information content (AvgIpc) is 3.27. The summed E-state index contributed by atoms with van der Waals surface area (Å²) in [5, 5.41) is 3.92. The number of carbonyl (C=O) groups is 2. The molecule has 0 spiro atoms. The van der Waals surface area contributed by atoms with Crippen LogP contribution in [0.25, 0.3) is 10.9 Å². The number of aromatic amines is 1. The number of fused-ring (bicyclic) bond motifs is 2. The predicted octanol–water partition coefficient (Wildman–Crippen LogP) is 2.03. The van der Waals surface area contributed by atoms with Crippen LogP contribution in [0.5, 0.6) is 0 Å². The molecule has 0 unspecified atom stereocenters. The summed E-state index contributed by atoms with van der Waals surface area (Å²) < 4.78 is 0. The largest absolute Gasteiger partial charge is 0.365 e. The molecule has 1 aromatic carbocycles. The van der Waals surface area contributed by atoms with E-state index >= 15 is 0 Å². The van der Waals surface area contributed by atoms with Gasteiger partial charge in [0.15, 0.2) is 0 Å². The minimum atomic E-state index is -0.514. The zero-order valence-electron chi connectivity index (χ0n) is 16.8.